The molecule has 3 radical (unpaired) electrons. The Hall–Kier alpha value is 1.89. The van der Waals surface area contributed by atoms with Gasteiger partial charge in [-0.2, -0.15) is 0 Å². The van der Waals surface area contributed by atoms with Crippen molar-refractivity contribution in [1.29, 1.82) is 0 Å². The van der Waals surface area contributed by atoms with Crippen LogP contribution in [0.1, 0.15) is 19.3 Å². The average molecular weight is 491 g/mol. The summed E-state index contributed by atoms with van der Waals surface area (Å²) in [4.78, 5) is 34.1. The van der Waals surface area contributed by atoms with E-state index in [1.54, 1.807) is 0 Å². The maximum atomic E-state index is 10.7. The Balaban J connectivity index is -0.000000375. The molecule has 0 saturated carbocycles. The van der Waals surface area contributed by atoms with Crippen LogP contribution < -0.4 is 0 Å². The van der Waals surface area contributed by atoms with Crippen molar-refractivity contribution in [2.75, 3.05) is 19.6 Å². The summed E-state index contributed by atoms with van der Waals surface area (Å²) >= 11 is 0. The second-order valence-corrected chi connectivity index (χ2v) is 3.71. The molecule has 0 aromatic rings. The Morgan fingerprint density at radius 1 is 0.632 bits per heavy atom. The molecule has 0 aromatic carbocycles. The van der Waals surface area contributed by atoms with Crippen LogP contribution in [0.4, 0.5) is 0 Å². The van der Waals surface area contributed by atoms with Crippen LogP contribution in [0.2, 0.25) is 0 Å². The number of hydrogen-bond acceptors (Lipinski definition) is 4. The molecule has 0 aliphatic carbocycles. The van der Waals surface area contributed by atoms with Crippen LogP contribution in [0.3, 0.4) is 0 Å². The van der Waals surface area contributed by atoms with Gasteiger partial charge in [0.15, 0.2) is 0 Å². The zero-order valence-corrected chi connectivity index (χ0v) is 19.8. The van der Waals surface area contributed by atoms with Crippen LogP contribution in [0.15, 0.2) is 0 Å². The van der Waals surface area contributed by atoms with Crippen LogP contribution in [0, 0.1) is 20.8 Å². The van der Waals surface area contributed by atoms with Gasteiger partial charge in [0.2, 0.25) is 0 Å². The summed E-state index contributed by atoms with van der Waals surface area (Å²) < 4.78 is 0. The van der Waals surface area contributed by atoms with Crippen LogP contribution in [-0.4, -0.2) is 41.9 Å². The predicted molar refractivity (Wildman–Crippen MR) is 61.4 cm³/mol. The molecule has 0 aliphatic rings. The van der Waals surface area contributed by atoms with E-state index >= 15 is 0 Å². The van der Waals surface area contributed by atoms with Crippen LogP contribution in [-0.2, 0) is 113 Å². The summed E-state index contributed by atoms with van der Waals surface area (Å²) in [6.07, 6.45) is 0.990. The largest absolute Gasteiger partial charge is 0.339 e. The fourth-order valence-corrected chi connectivity index (χ4v) is 1.18. The van der Waals surface area contributed by atoms with E-state index in [0.717, 1.165) is 0 Å². The van der Waals surface area contributed by atoms with E-state index < -0.39 is 0 Å². The summed E-state index contributed by atoms with van der Waals surface area (Å²) in [6.45, 7) is 11.4. The number of rotatable bonds is 9. The van der Waals surface area contributed by atoms with Crippen molar-refractivity contribution in [1.82, 2.24) is 4.90 Å². The summed E-state index contributed by atoms with van der Waals surface area (Å²) in [5.74, 6) is -0.439. The maximum absolute atomic E-state index is 10.7. The predicted octanol–water partition coefficient (Wildman–Crippen LogP) is 0.661. The van der Waals surface area contributed by atoms with Crippen LogP contribution >= 0.6 is 0 Å². The quantitative estimate of drug-likeness (QED) is 0.446. The van der Waals surface area contributed by atoms with E-state index in [9.17, 15) is 14.4 Å². The maximum Gasteiger partial charge on any atom is 0.00248 e. The number of hydrogen-bond donors (Lipinski definition) is 0. The fraction of sp³-hybridized carbons (Fsp3) is 0.500. The van der Waals surface area contributed by atoms with Crippen molar-refractivity contribution in [3.05, 3.63) is 20.8 Å². The Labute approximate surface area is 191 Å². The molecule has 0 amide bonds. The second-order valence-electron chi connectivity index (χ2n) is 3.71. The van der Waals surface area contributed by atoms with Gasteiger partial charge in [0, 0.05) is 118 Å². The van der Waals surface area contributed by atoms with Crippen molar-refractivity contribution < 1.29 is 113 Å². The van der Waals surface area contributed by atoms with E-state index in [4.69, 9.17) is 0 Å². The van der Waals surface area contributed by atoms with Crippen molar-refractivity contribution in [3.8, 4) is 0 Å². The molecule has 0 bridgehead atoms. The molecular weight excluding hydrogens is 473 g/mol. The van der Waals surface area contributed by atoms with Crippen molar-refractivity contribution in [3.63, 3.8) is 0 Å². The number of carbonyl (C=O) groups excluding carboxylic acids is 3. The van der Waals surface area contributed by atoms with Gasteiger partial charge in [-0.05, 0) is 36.6 Å². The molecule has 0 spiro atoms. The first-order chi connectivity index (χ1) is 7.41. The van der Waals surface area contributed by atoms with Crippen molar-refractivity contribution in [2.45, 2.75) is 19.3 Å². The van der Waals surface area contributed by atoms with Gasteiger partial charge in [-0.1, -0.05) is 0 Å². The smallest absolute Gasteiger partial charge is 0.00248 e. The van der Waals surface area contributed by atoms with Gasteiger partial charge in [0.1, 0.15) is 0 Å². The molecule has 0 fully saturated rings. The number of carbonyl (C=O) groups is 3. The van der Waals surface area contributed by atoms with Crippen LogP contribution in [0.5, 0.6) is 0 Å². The van der Waals surface area contributed by atoms with E-state index in [1.807, 2.05) is 4.90 Å². The molecule has 19 heavy (non-hydrogen) atoms. The molecule has 7 heteroatoms. The van der Waals surface area contributed by atoms with Gasteiger partial charge in [0.05, 0.1) is 0 Å². The second kappa shape index (κ2) is 17.9. The summed E-state index contributed by atoms with van der Waals surface area (Å²) in [5, 5.41) is 0. The van der Waals surface area contributed by atoms with Crippen molar-refractivity contribution in [2.24, 2.45) is 0 Å². The molecule has 0 aromatic heterocycles. The minimum atomic E-state index is -0.146. The average Bonchev–Trinajstić information content (AvgIpc) is 2.15. The summed E-state index contributed by atoms with van der Waals surface area (Å²) in [7, 11) is 0. The minimum Gasteiger partial charge on any atom is -0.339 e. The van der Waals surface area contributed by atoms with Gasteiger partial charge >= 0.3 is 0 Å². The van der Waals surface area contributed by atoms with E-state index in [0.29, 0.717) is 38.9 Å². The zero-order chi connectivity index (χ0) is 12.6. The van der Waals surface area contributed by atoms with Gasteiger partial charge in [-0.3, -0.25) is 0 Å². The molecule has 0 N–H and O–H groups in total. The molecule has 0 heterocycles. The van der Waals surface area contributed by atoms with Crippen molar-refractivity contribution >= 4 is 17.3 Å². The standard InChI is InChI=1S/C12H18NO3.3Y/c1-10(14)4-7-13(8-5-11(2)15)9-6-12(3)16;;;/h1-9H2;;;/q-3;;;. The number of nitrogens with zero attached hydrogens (tertiary/aromatic N) is 1. The normalized spacial score (nSPS) is 8.68. The minimum absolute atomic E-state index is 0. The Bertz CT molecular complexity index is 230. The third kappa shape index (κ3) is 22.3. The Kier molecular flexibility index (Phi) is 27.4. The zero-order valence-electron chi connectivity index (χ0n) is 11.3. The fourth-order valence-electron chi connectivity index (χ4n) is 1.18. The Morgan fingerprint density at radius 3 is 1.00 bits per heavy atom. The molecular formula is C12H18NO3Y3-3. The third-order valence-corrected chi connectivity index (χ3v) is 2.12. The molecule has 0 atom stereocenters. The van der Waals surface area contributed by atoms with Gasteiger partial charge in [-0.25, -0.2) is 0 Å². The molecule has 0 aliphatic heterocycles. The molecule has 4 nitrogen and oxygen atoms in total. The first-order valence-corrected chi connectivity index (χ1v) is 5.18. The SMILES string of the molecule is [CH2-]C(=O)CCN(CCC([CH2-])=O)CCC([CH2-])=O.[Y].[Y].[Y]. The Morgan fingerprint density at radius 2 is 0.842 bits per heavy atom. The molecule has 0 unspecified atom stereocenters. The molecule has 101 valence electrons. The van der Waals surface area contributed by atoms with Crippen LogP contribution in [0.25, 0.3) is 0 Å². The third-order valence-electron chi connectivity index (χ3n) is 2.12. The molecule has 0 rings (SSSR count). The number of ketones is 3. The first kappa shape index (κ1) is 29.0. The van der Waals surface area contributed by atoms with Gasteiger partial charge in [-0.15, -0.1) is 0 Å². The van der Waals surface area contributed by atoms with E-state index in [1.165, 1.54) is 0 Å². The summed E-state index contributed by atoms with van der Waals surface area (Å²) in [5.41, 5.74) is 0. The van der Waals surface area contributed by atoms with E-state index in [-0.39, 0.29) is 115 Å². The monoisotopic (exact) mass is 491 g/mol. The summed E-state index contributed by atoms with van der Waals surface area (Å²) in [6, 6.07) is 0. The van der Waals surface area contributed by atoms with Gasteiger partial charge < -0.3 is 40.1 Å². The number of Topliss-reactive ketones (excluding diaryl/α,β-unsaturated/α-hetero) is 3. The van der Waals surface area contributed by atoms with Gasteiger partial charge in [0.25, 0.3) is 0 Å². The van der Waals surface area contributed by atoms with E-state index in [2.05, 4.69) is 20.8 Å². The first-order valence-electron chi connectivity index (χ1n) is 5.18. The molecule has 0 saturated heterocycles. The topological polar surface area (TPSA) is 54.5 Å².